The number of amides is 1. The van der Waals surface area contributed by atoms with Crippen LogP contribution in [0.2, 0.25) is 0 Å². The number of pyridine rings is 1. The second-order valence-corrected chi connectivity index (χ2v) is 4.10. The van der Waals surface area contributed by atoms with E-state index in [1.54, 1.807) is 6.92 Å². The van der Waals surface area contributed by atoms with Gasteiger partial charge < -0.3 is 10.4 Å². The molecule has 0 aliphatic heterocycles. The Morgan fingerprint density at radius 2 is 2.06 bits per heavy atom. The highest BCUT2D eigenvalue weighted by Crippen LogP contribution is 2.07. The van der Waals surface area contributed by atoms with Crippen LogP contribution >= 0.6 is 0 Å². The van der Waals surface area contributed by atoms with Gasteiger partial charge in [-0.1, -0.05) is 19.8 Å². The van der Waals surface area contributed by atoms with Crippen molar-refractivity contribution >= 4 is 11.9 Å². The first-order valence-electron chi connectivity index (χ1n) is 6.05. The van der Waals surface area contributed by atoms with Crippen LogP contribution < -0.4 is 5.32 Å². The number of carboxylic acid groups (broad SMARTS) is 1. The third-order valence-electron chi connectivity index (χ3n) is 2.61. The highest BCUT2D eigenvalue weighted by Gasteiger charge is 2.12. The van der Waals surface area contributed by atoms with E-state index >= 15 is 0 Å². The zero-order valence-electron chi connectivity index (χ0n) is 10.7. The summed E-state index contributed by atoms with van der Waals surface area (Å²) in [6.45, 7) is 4.29. The second kappa shape index (κ2) is 6.74. The Kier molecular flexibility index (Phi) is 5.30. The summed E-state index contributed by atoms with van der Waals surface area (Å²) in [6.07, 6.45) is 3.11. The van der Waals surface area contributed by atoms with E-state index in [1.165, 1.54) is 12.1 Å². The van der Waals surface area contributed by atoms with E-state index in [0.29, 0.717) is 12.2 Å². The lowest BCUT2D eigenvalue weighted by atomic mass is 10.2. The molecule has 1 amide bonds. The fourth-order valence-corrected chi connectivity index (χ4v) is 1.58. The van der Waals surface area contributed by atoms with Crippen LogP contribution in [0.25, 0.3) is 0 Å². The summed E-state index contributed by atoms with van der Waals surface area (Å²) >= 11 is 0. The Balaban J connectivity index is 2.64. The average Bonchev–Trinajstić information content (AvgIpc) is 2.33. The molecule has 0 fully saturated rings. The molecular weight excluding hydrogens is 232 g/mol. The van der Waals surface area contributed by atoms with E-state index in [0.717, 1.165) is 19.3 Å². The van der Waals surface area contributed by atoms with Crippen molar-refractivity contribution in [3.8, 4) is 0 Å². The molecular formula is C13H18N2O3. The molecule has 0 aliphatic rings. The van der Waals surface area contributed by atoms with Gasteiger partial charge in [-0.05, 0) is 25.5 Å². The predicted molar refractivity (Wildman–Crippen MR) is 67.8 cm³/mol. The summed E-state index contributed by atoms with van der Waals surface area (Å²) in [5, 5.41) is 11.6. The maximum absolute atomic E-state index is 11.7. The molecule has 1 rings (SSSR count). The number of unbranched alkanes of at least 4 members (excludes halogenated alkanes) is 2. The van der Waals surface area contributed by atoms with Crippen molar-refractivity contribution in [3.05, 3.63) is 29.1 Å². The first kappa shape index (κ1) is 14.2. The Morgan fingerprint density at radius 3 is 2.61 bits per heavy atom. The molecule has 1 heterocycles. The molecule has 1 aromatic rings. The lowest BCUT2D eigenvalue weighted by Gasteiger charge is -2.06. The number of hydrogen-bond acceptors (Lipinski definition) is 3. The number of nitrogens with one attached hydrogen (secondary N) is 1. The maximum Gasteiger partial charge on any atom is 0.337 e. The van der Waals surface area contributed by atoms with Gasteiger partial charge >= 0.3 is 5.97 Å². The van der Waals surface area contributed by atoms with Gasteiger partial charge in [-0.15, -0.1) is 0 Å². The van der Waals surface area contributed by atoms with Crippen LogP contribution in [-0.4, -0.2) is 28.5 Å². The highest BCUT2D eigenvalue weighted by molar-refractivity contribution is 5.94. The smallest absolute Gasteiger partial charge is 0.337 e. The first-order valence-corrected chi connectivity index (χ1v) is 6.05. The summed E-state index contributed by atoms with van der Waals surface area (Å²) in [4.78, 5) is 26.5. The molecule has 18 heavy (non-hydrogen) atoms. The van der Waals surface area contributed by atoms with E-state index in [9.17, 15) is 9.59 Å². The quantitative estimate of drug-likeness (QED) is 0.757. The van der Waals surface area contributed by atoms with Gasteiger partial charge in [-0.25, -0.2) is 9.78 Å². The molecule has 0 aliphatic carbocycles. The molecule has 5 heteroatoms. The minimum absolute atomic E-state index is 0.123. The van der Waals surface area contributed by atoms with Gasteiger partial charge in [0.1, 0.15) is 5.69 Å². The van der Waals surface area contributed by atoms with Gasteiger partial charge in [-0.2, -0.15) is 0 Å². The van der Waals surface area contributed by atoms with Gasteiger partial charge in [0.25, 0.3) is 5.91 Å². The maximum atomic E-state index is 11.7. The Bertz CT molecular complexity index is 444. The van der Waals surface area contributed by atoms with Gasteiger partial charge in [0.05, 0.1) is 11.3 Å². The molecule has 0 radical (unpaired) electrons. The second-order valence-electron chi connectivity index (χ2n) is 4.10. The lowest BCUT2D eigenvalue weighted by molar-refractivity contribution is 0.0694. The Morgan fingerprint density at radius 1 is 1.33 bits per heavy atom. The van der Waals surface area contributed by atoms with Crippen LogP contribution in [0.5, 0.6) is 0 Å². The average molecular weight is 250 g/mol. The van der Waals surface area contributed by atoms with Crippen molar-refractivity contribution in [3.63, 3.8) is 0 Å². The Labute approximate surface area is 106 Å². The molecule has 2 N–H and O–H groups in total. The van der Waals surface area contributed by atoms with Gasteiger partial charge in [0.15, 0.2) is 0 Å². The third-order valence-corrected chi connectivity index (χ3v) is 2.61. The van der Waals surface area contributed by atoms with Crippen LogP contribution in [0.4, 0.5) is 0 Å². The molecule has 0 aromatic carbocycles. The molecule has 0 unspecified atom stereocenters. The number of carboxylic acids is 1. The fourth-order valence-electron chi connectivity index (χ4n) is 1.58. The zero-order chi connectivity index (χ0) is 13.5. The van der Waals surface area contributed by atoms with Crippen molar-refractivity contribution in [1.29, 1.82) is 0 Å². The van der Waals surface area contributed by atoms with Crippen molar-refractivity contribution in [2.24, 2.45) is 0 Å². The zero-order valence-corrected chi connectivity index (χ0v) is 10.7. The number of aromatic nitrogens is 1. The molecule has 1 aromatic heterocycles. The molecule has 98 valence electrons. The van der Waals surface area contributed by atoms with Crippen LogP contribution in [0.15, 0.2) is 12.1 Å². The molecule has 0 spiro atoms. The lowest BCUT2D eigenvalue weighted by Crippen LogP contribution is -2.25. The number of aryl methyl sites for hydroxylation is 1. The minimum atomic E-state index is -1.03. The fraction of sp³-hybridized carbons (Fsp3) is 0.462. The van der Waals surface area contributed by atoms with Crippen molar-refractivity contribution in [1.82, 2.24) is 10.3 Å². The van der Waals surface area contributed by atoms with E-state index in [-0.39, 0.29) is 17.2 Å². The van der Waals surface area contributed by atoms with Gasteiger partial charge in [0, 0.05) is 6.54 Å². The minimum Gasteiger partial charge on any atom is -0.478 e. The standard InChI is InChI=1S/C13H18N2O3/c1-3-4-5-8-14-12(16)11-7-6-10(13(17)18)9(2)15-11/h6-7H,3-5,8H2,1-2H3,(H,14,16)(H,17,18). The van der Waals surface area contributed by atoms with Gasteiger partial charge in [0.2, 0.25) is 0 Å². The van der Waals surface area contributed by atoms with Crippen LogP contribution in [-0.2, 0) is 0 Å². The van der Waals surface area contributed by atoms with Gasteiger partial charge in [-0.3, -0.25) is 4.79 Å². The van der Waals surface area contributed by atoms with Crippen LogP contribution in [0.3, 0.4) is 0 Å². The summed E-state index contributed by atoms with van der Waals surface area (Å²) < 4.78 is 0. The topological polar surface area (TPSA) is 79.3 Å². The molecule has 0 saturated carbocycles. The monoisotopic (exact) mass is 250 g/mol. The van der Waals surface area contributed by atoms with Crippen molar-refractivity contribution in [2.45, 2.75) is 33.1 Å². The number of nitrogens with zero attached hydrogens (tertiary/aromatic N) is 1. The van der Waals surface area contributed by atoms with Crippen molar-refractivity contribution in [2.75, 3.05) is 6.54 Å². The SMILES string of the molecule is CCCCCNC(=O)c1ccc(C(=O)O)c(C)n1. The highest BCUT2D eigenvalue weighted by atomic mass is 16.4. The number of carbonyl (C=O) groups is 2. The summed E-state index contributed by atoms with van der Waals surface area (Å²) in [6, 6.07) is 2.84. The number of rotatable bonds is 6. The summed E-state index contributed by atoms with van der Waals surface area (Å²) in [7, 11) is 0. The van der Waals surface area contributed by atoms with Crippen LogP contribution in [0.1, 0.15) is 52.7 Å². The Hall–Kier alpha value is -1.91. The number of carbonyl (C=O) groups excluding carboxylic acids is 1. The molecule has 5 nitrogen and oxygen atoms in total. The largest absolute Gasteiger partial charge is 0.478 e. The summed E-state index contributed by atoms with van der Waals surface area (Å²) in [5.41, 5.74) is 0.732. The molecule has 0 atom stereocenters. The first-order chi connectivity index (χ1) is 8.56. The van der Waals surface area contributed by atoms with E-state index < -0.39 is 5.97 Å². The predicted octanol–water partition coefficient (Wildman–Crippen LogP) is 2.01. The summed E-state index contributed by atoms with van der Waals surface area (Å²) in [5.74, 6) is -1.29. The third kappa shape index (κ3) is 3.84. The molecule has 0 bridgehead atoms. The van der Waals surface area contributed by atoms with E-state index in [4.69, 9.17) is 5.11 Å². The normalized spacial score (nSPS) is 10.1. The van der Waals surface area contributed by atoms with E-state index in [1.807, 2.05) is 0 Å². The van der Waals surface area contributed by atoms with E-state index in [2.05, 4.69) is 17.2 Å². The van der Waals surface area contributed by atoms with Crippen molar-refractivity contribution < 1.29 is 14.7 Å². The molecule has 0 saturated heterocycles. The number of hydrogen-bond donors (Lipinski definition) is 2. The number of aromatic carboxylic acids is 1. The van der Waals surface area contributed by atoms with Crippen LogP contribution in [0, 0.1) is 6.92 Å².